The SMILES string of the molecule is CC(C)(C)OC(=O)N1CC=C(c2ccc(C(=O)Nc3ccc(C4=CCN(C(=O)OC(C)(C)C)CC4)c(F)c3)c(F)c2)CC1. The molecule has 8 nitrogen and oxygen atoms in total. The lowest BCUT2D eigenvalue weighted by atomic mass is 9.97. The molecule has 0 aliphatic carbocycles. The molecule has 0 spiro atoms. The van der Waals surface area contributed by atoms with E-state index >= 15 is 8.78 Å². The summed E-state index contributed by atoms with van der Waals surface area (Å²) in [6, 6.07) is 8.68. The van der Waals surface area contributed by atoms with E-state index in [2.05, 4.69) is 5.32 Å². The molecule has 0 bridgehead atoms. The number of carbonyl (C=O) groups excluding carboxylic acids is 3. The van der Waals surface area contributed by atoms with Gasteiger partial charge in [-0.05, 0) is 101 Å². The van der Waals surface area contributed by atoms with Crippen LogP contribution >= 0.6 is 0 Å². The topological polar surface area (TPSA) is 88.2 Å². The molecule has 2 aliphatic heterocycles. The maximum atomic E-state index is 15.1. The van der Waals surface area contributed by atoms with E-state index in [1.807, 2.05) is 6.08 Å². The average Bonchev–Trinajstić information content (AvgIpc) is 2.91. The van der Waals surface area contributed by atoms with E-state index in [4.69, 9.17) is 9.47 Å². The molecule has 0 saturated carbocycles. The molecule has 2 aromatic carbocycles. The summed E-state index contributed by atoms with van der Waals surface area (Å²) in [7, 11) is 0. The standard InChI is InChI=1S/C33H39F2N3O5/c1-32(2,3)42-30(40)37-15-11-21(12-16-37)23-7-9-26(27(34)19-23)29(39)36-24-8-10-25(28(35)20-24)22-13-17-38(18-14-22)31(41)43-33(4,5)6/h7-11,13,19-20H,12,14-18H2,1-6H3,(H,36,39). The van der Waals surface area contributed by atoms with Crippen LogP contribution in [0.15, 0.2) is 48.6 Å². The van der Waals surface area contributed by atoms with Crippen molar-refractivity contribution in [1.29, 1.82) is 0 Å². The van der Waals surface area contributed by atoms with Gasteiger partial charge in [0.05, 0.1) is 5.56 Å². The van der Waals surface area contributed by atoms with E-state index < -0.39 is 40.9 Å². The summed E-state index contributed by atoms with van der Waals surface area (Å²) < 4.78 is 40.9. The van der Waals surface area contributed by atoms with E-state index in [0.717, 1.165) is 11.1 Å². The lowest BCUT2D eigenvalue weighted by Gasteiger charge is -2.29. The van der Waals surface area contributed by atoms with Gasteiger partial charge in [0.1, 0.15) is 22.8 Å². The van der Waals surface area contributed by atoms with Gasteiger partial charge < -0.3 is 24.6 Å². The van der Waals surface area contributed by atoms with E-state index in [1.54, 1.807) is 75.6 Å². The van der Waals surface area contributed by atoms with Crippen LogP contribution in [0.25, 0.3) is 11.1 Å². The first-order valence-corrected chi connectivity index (χ1v) is 14.3. The second-order valence-electron chi connectivity index (χ2n) is 12.7. The highest BCUT2D eigenvalue weighted by atomic mass is 19.1. The van der Waals surface area contributed by atoms with Gasteiger partial charge in [0.25, 0.3) is 5.91 Å². The van der Waals surface area contributed by atoms with Crippen LogP contribution in [0, 0.1) is 11.6 Å². The molecule has 0 radical (unpaired) electrons. The van der Waals surface area contributed by atoms with Gasteiger partial charge >= 0.3 is 12.2 Å². The van der Waals surface area contributed by atoms with Crippen LogP contribution < -0.4 is 5.32 Å². The normalized spacial score (nSPS) is 15.8. The van der Waals surface area contributed by atoms with Crippen molar-refractivity contribution in [2.45, 2.75) is 65.6 Å². The van der Waals surface area contributed by atoms with E-state index in [-0.39, 0.29) is 11.3 Å². The summed E-state index contributed by atoms with van der Waals surface area (Å²) in [6.45, 7) is 12.3. The molecule has 230 valence electrons. The third-order valence-corrected chi connectivity index (χ3v) is 6.88. The first-order valence-electron chi connectivity index (χ1n) is 14.3. The van der Waals surface area contributed by atoms with Gasteiger partial charge in [0, 0.05) is 37.4 Å². The fourth-order valence-electron chi connectivity index (χ4n) is 4.78. The summed E-state index contributed by atoms with van der Waals surface area (Å²) in [4.78, 5) is 40.6. The molecule has 0 unspecified atom stereocenters. The highest BCUT2D eigenvalue weighted by Crippen LogP contribution is 2.29. The Morgan fingerprint density at radius 3 is 1.77 bits per heavy atom. The molecular formula is C33H39F2N3O5. The number of hydrogen-bond donors (Lipinski definition) is 1. The summed E-state index contributed by atoms with van der Waals surface area (Å²) >= 11 is 0. The first kappa shape index (κ1) is 31.7. The number of rotatable bonds is 4. The van der Waals surface area contributed by atoms with Gasteiger partial charge in [-0.3, -0.25) is 4.79 Å². The largest absolute Gasteiger partial charge is 0.444 e. The quantitative estimate of drug-likeness (QED) is 0.402. The van der Waals surface area contributed by atoms with Crippen molar-refractivity contribution in [2.75, 3.05) is 31.5 Å². The molecule has 3 amide bonds. The molecule has 0 aromatic heterocycles. The lowest BCUT2D eigenvalue weighted by Crippen LogP contribution is -2.39. The summed E-state index contributed by atoms with van der Waals surface area (Å²) in [5.41, 5.74) is 1.46. The number of nitrogens with zero attached hydrogens (tertiary/aromatic N) is 2. The number of amides is 3. The van der Waals surface area contributed by atoms with E-state index in [1.165, 1.54) is 18.2 Å². The Morgan fingerprint density at radius 1 is 0.744 bits per heavy atom. The van der Waals surface area contributed by atoms with Crippen molar-refractivity contribution in [3.05, 3.63) is 76.9 Å². The van der Waals surface area contributed by atoms with Crippen LogP contribution in [0.2, 0.25) is 0 Å². The maximum absolute atomic E-state index is 15.1. The smallest absolute Gasteiger partial charge is 0.410 e. The molecule has 2 heterocycles. The van der Waals surface area contributed by atoms with Crippen LogP contribution in [0.5, 0.6) is 0 Å². The van der Waals surface area contributed by atoms with Gasteiger partial charge in [0.15, 0.2) is 0 Å². The fraction of sp³-hybridized carbons (Fsp3) is 0.424. The first-order chi connectivity index (χ1) is 20.1. The zero-order chi connectivity index (χ0) is 31.5. The van der Waals surface area contributed by atoms with Crippen molar-refractivity contribution < 1.29 is 32.6 Å². The highest BCUT2D eigenvalue weighted by molar-refractivity contribution is 6.04. The molecule has 43 heavy (non-hydrogen) atoms. The molecule has 1 N–H and O–H groups in total. The zero-order valence-electron chi connectivity index (χ0n) is 25.6. The number of anilines is 1. The molecule has 4 rings (SSSR count). The number of ether oxygens (including phenoxy) is 2. The van der Waals surface area contributed by atoms with Gasteiger partial charge in [-0.1, -0.05) is 18.2 Å². The second kappa shape index (κ2) is 12.6. The minimum absolute atomic E-state index is 0.169. The van der Waals surface area contributed by atoms with Crippen molar-refractivity contribution in [3.63, 3.8) is 0 Å². The number of halogens is 2. The number of hydrogen-bond acceptors (Lipinski definition) is 5. The number of carbonyl (C=O) groups is 3. The highest BCUT2D eigenvalue weighted by Gasteiger charge is 2.26. The minimum atomic E-state index is -0.704. The summed E-state index contributed by atoms with van der Waals surface area (Å²) in [5, 5.41) is 2.57. The number of nitrogens with one attached hydrogen (secondary N) is 1. The van der Waals surface area contributed by atoms with E-state index in [0.29, 0.717) is 50.1 Å². The summed E-state index contributed by atoms with van der Waals surface area (Å²) in [6.07, 6.45) is 3.80. The molecule has 2 aliphatic rings. The minimum Gasteiger partial charge on any atom is -0.444 e. The van der Waals surface area contributed by atoms with Crippen LogP contribution in [0.1, 0.15) is 75.9 Å². The monoisotopic (exact) mass is 595 g/mol. The molecule has 0 fully saturated rings. The third-order valence-electron chi connectivity index (χ3n) is 6.88. The van der Waals surface area contributed by atoms with Crippen LogP contribution in [-0.4, -0.2) is 65.3 Å². The Hall–Kier alpha value is -4.21. The Balaban J connectivity index is 1.37. The summed E-state index contributed by atoms with van der Waals surface area (Å²) in [5.74, 6) is -1.94. The molecule has 0 saturated heterocycles. The Morgan fingerprint density at radius 2 is 1.30 bits per heavy atom. The molecule has 0 atom stereocenters. The van der Waals surface area contributed by atoms with Crippen LogP contribution in [0.4, 0.5) is 24.1 Å². The van der Waals surface area contributed by atoms with Crippen molar-refractivity contribution in [1.82, 2.24) is 9.80 Å². The van der Waals surface area contributed by atoms with Crippen molar-refractivity contribution >= 4 is 34.9 Å². The van der Waals surface area contributed by atoms with Gasteiger partial charge in [-0.25, -0.2) is 18.4 Å². The lowest BCUT2D eigenvalue weighted by molar-refractivity contribution is 0.0260. The maximum Gasteiger partial charge on any atom is 0.410 e. The molecule has 10 heteroatoms. The zero-order valence-corrected chi connectivity index (χ0v) is 25.6. The van der Waals surface area contributed by atoms with Gasteiger partial charge in [0.2, 0.25) is 0 Å². The predicted molar refractivity (Wildman–Crippen MR) is 162 cm³/mol. The average molecular weight is 596 g/mol. The molecular weight excluding hydrogens is 556 g/mol. The van der Waals surface area contributed by atoms with Crippen LogP contribution in [0.3, 0.4) is 0 Å². The van der Waals surface area contributed by atoms with Crippen molar-refractivity contribution in [2.24, 2.45) is 0 Å². The second-order valence-corrected chi connectivity index (χ2v) is 12.7. The van der Waals surface area contributed by atoms with Gasteiger partial charge in [-0.15, -0.1) is 0 Å². The fourth-order valence-corrected chi connectivity index (χ4v) is 4.78. The third kappa shape index (κ3) is 8.43. The molecule has 2 aromatic rings. The Bertz CT molecular complexity index is 1470. The predicted octanol–water partition coefficient (Wildman–Crippen LogP) is 7.27. The van der Waals surface area contributed by atoms with Gasteiger partial charge in [-0.2, -0.15) is 0 Å². The van der Waals surface area contributed by atoms with Crippen LogP contribution in [-0.2, 0) is 9.47 Å². The van der Waals surface area contributed by atoms with Crippen molar-refractivity contribution in [3.8, 4) is 0 Å². The Kier molecular flexibility index (Phi) is 9.27. The van der Waals surface area contributed by atoms with E-state index in [9.17, 15) is 14.4 Å². The Labute approximate surface area is 251 Å². The number of benzene rings is 2.